The monoisotopic (exact) mass is 659 g/mol. The summed E-state index contributed by atoms with van der Waals surface area (Å²) >= 11 is 0. The molecule has 52 heavy (non-hydrogen) atoms. The molecule has 1 N–H and O–H groups in total. The molecule has 1 spiro atoms. The first-order chi connectivity index (χ1) is 25.8. The molecule has 0 unspecified atom stereocenters. The van der Waals surface area contributed by atoms with Crippen LogP contribution < -0.4 is 5.32 Å². The van der Waals surface area contributed by atoms with Crippen molar-refractivity contribution < 1.29 is 0 Å². The normalized spacial score (nSPS) is 13.2. The van der Waals surface area contributed by atoms with Crippen molar-refractivity contribution in [3.63, 3.8) is 0 Å². The predicted octanol–water partition coefficient (Wildman–Crippen LogP) is 13.4. The quantitative estimate of drug-likeness (QED) is 0.198. The van der Waals surface area contributed by atoms with Gasteiger partial charge in [-0.2, -0.15) is 0 Å². The summed E-state index contributed by atoms with van der Waals surface area (Å²) in [7, 11) is 0. The Morgan fingerprint density at radius 1 is 0.269 bits per heavy atom. The summed E-state index contributed by atoms with van der Waals surface area (Å²) in [6.07, 6.45) is 0. The summed E-state index contributed by atoms with van der Waals surface area (Å²) in [6.45, 7) is 0. The first-order valence-corrected chi connectivity index (χ1v) is 18.1. The minimum atomic E-state index is -0.351. The van der Waals surface area contributed by atoms with Gasteiger partial charge >= 0.3 is 0 Å². The third-order valence-corrected chi connectivity index (χ3v) is 11.4. The molecule has 2 aliphatic carbocycles. The highest BCUT2D eigenvalue weighted by Crippen LogP contribution is 2.63. The van der Waals surface area contributed by atoms with E-state index in [4.69, 9.17) is 0 Å². The Morgan fingerprint density at radius 2 is 0.712 bits per heavy atom. The Hall–Kier alpha value is -6.70. The van der Waals surface area contributed by atoms with Gasteiger partial charge in [-0.25, -0.2) is 0 Å². The second-order valence-corrected chi connectivity index (χ2v) is 14.2. The first-order valence-electron chi connectivity index (χ1n) is 18.1. The van der Waals surface area contributed by atoms with Crippen LogP contribution in [0.1, 0.15) is 22.3 Å². The summed E-state index contributed by atoms with van der Waals surface area (Å²) in [5.74, 6) is 0. The van der Waals surface area contributed by atoms with Crippen LogP contribution in [0, 0.1) is 0 Å². The van der Waals surface area contributed by atoms with Gasteiger partial charge < -0.3 is 5.32 Å². The van der Waals surface area contributed by atoms with Crippen molar-refractivity contribution in [1.29, 1.82) is 0 Å². The topological polar surface area (TPSA) is 12.0 Å². The largest absolute Gasteiger partial charge is 0.356 e. The number of fused-ring (bicyclic) bond motifs is 12. The number of anilines is 2. The molecule has 0 saturated heterocycles. The Labute approximate surface area is 303 Å². The van der Waals surface area contributed by atoms with E-state index in [1.54, 1.807) is 0 Å². The number of hydrogen-bond donors (Lipinski definition) is 1. The fourth-order valence-electron chi connectivity index (χ4n) is 9.15. The molecule has 0 heterocycles. The molecular formula is C51H33N. The summed E-state index contributed by atoms with van der Waals surface area (Å²) in [5, 5.41) is 8.79. The third kappa shape index (κ3) is 4.17. The molecule has 11 rings (SSSR count). The zero-order valence-electron chi connectivity index (χ0n) is 28.5. The SMILES string of the molecule is c1ccc2c(c1)-c1ccccc1C21c2ccccc2-c2ccc(Nc3ccc(-c4cc5ccccc5cc4-c4ccc5ccccc5c4)cc3)cc21. The van der Waals surface area contributed by atoms with Gasteiger partial charge in [-0.15, -0.1) is 0 Å². The van der Waals surface area contributed by atoms with Crippen molar-refractivity contribution >= 4 is 32.9 Å². The fraction of sp³-hybridized carbons (Fsp3) is 0.0196. The van der Waals surface area contributed by atoms with Crippen LogP contribution in [0.15, 0.2) is 194 Å². The Kier molecular flexibility index (Phi) is 6.23. The maximum absolute atomic E-state index is 3.79. The van der Waals surface area contributed by atoms with Crippen molar-refractivity contribution in [3.05, 3.63) is 216 Å². The van der Waals surface area contributed by atoms with Crippen LogP contribution in [0.5, 0.6) is 0 Å². The van der Waals surface area contributed by atoms with E-state index in [1.165, 1.54) is 88.3 Å². The molecule has 0 saturated carbocycles. The third-order valence-electron chi connectivity index (χ3n) is 11.4. The van der Waals surface area contributed by atoms with Gasteiger partial charge in [-0.3, -0.25) is 0 Å². The van der Waals surface area contributed by atoms with E-state index in [9.17, 15) is 0 Å². The van der Waals surface area contributed by atoms with E-state index in [1.807, 2.05) is 0 Å². The Balaban J connectivity index is 1.000. The molecule has 2 aliphatic rings. The molecule has 1 heteroatoms. The van der Waals surface area contributed by atoms with E-state index in [0.29, 0.717) is 0 Å². The summed E-state index contributed by atoms with van der Waals surface area (Å²) in [5.41, 5.74) is 17.4. The average molecular weight is 660 g/mol. The van der Waals surface area contributed by atoms with Crippen LogP contribution >= 0.6 is 0 Å². The maximum Gasteiger partial charge on any atom is 0.0726 e. The van der Waals surface area contributed by atoms with Crippen molar-refractivity contribution in [2.45, 2.75) is 5.41 Å². The minimum absolute atomic E-state index is 0.351. The molecule has 0 fully saturated rings. The molecule has 0 aliphatic heterocycles. The summed E-state index contributed by atoms with van der Waals surface area (Å²) in [6, 6.07) is 71.6. The van der Waals surface area contributed by atoms with Crippen molar-refractivity contribution in [1.82, 2.24) is 0 Å². The van der Waals surface area contributed by atoms with E-state index in [0.717, 1.165) is 11.4 Å². The van der Waals surface area contributed by atoms with E-state index >= 15 is 0 Å². The number of hydrogen-bond acceptors (Lipinski definition) is 1. The Bertz CT molecular complexity index is 2810. The molecule has 9 aromatic carbocycles. The standard InChI is InChI=1S/C51H33N/c1-2-12-35-29-38(22-21-33(35)11-1)46-31-37-14-4-3-13-36(37)30-45(46)34-23-25-39(26-24-34)52-40-27-28-44-43-17-7-10-20-49(43)51(50(44)32-40)47-18-8-5-15-41(47)42-16-6-9-19-48(42)51/h1-32,52H. The molecule has 0 amide bonds. The van der Waals surface area contributed by atoms with Crippen LogP contribution in [0.25, 0.3) is 66.1 Å². The lowest BCUT2D eigenvalue weighted by molar-refractivity contribution is 0.794. The van der Waals surface area contributed by atoms with E-state index < -0.39 is 0 Å². The smallest absolute Gasteiger partial charge is 0.0726 e. The summed E-state index contributed by atoms with van der Waals surface area (Å²) < 4.78 is 0. The lowest BCUT2D eigenvalue weighted by Gasteiger charge is -2.30. The fourth-order valence-corrected chi connectivity index (χ4v) is 9.15. The van der Waals surface area contributed by atoms with Gasteiger partial charge in [-0.1, -0.05) is 152 Å². The summed E-state index contributed by atoms with van der Waals surface area (Å²) in [4.78, 5) is 0. The van der Waals surface area contributed by atoms with Crippen molar-refractivity contribution in [3.8, 4) is 44.5 Å². The van der Waals surface area contributed by atoms with Gasteiger partial charge in [0, 0.05) is 11.4 Å². The van der Waals surface area contributed by atoms with Gasteiger partial charge in [-0.05, 0) is 131 Å². The van der Waals surface area contributed by atoms with Crippen molar-refractivity contribution in [2.24, 2.45) is 0 Å². The van der Waals surface area contributed by atoms with Crippen molar-refractivity contribution in [2.75, 3.05) is 5.32 Å². The maximum atomic E-state index is 3.79. The van der Waals surface area contributed by atoms with E-state index in [2.05, 4.69) is 199 Å². The minimum Gasteiger partial charge on any atom is -0.356 e. The van der Waals surface area contributed by atoms with Gasteiger partial charge in [0.05, 0.1) is 5.41 Å². The van der Waals surface area contributed by atoms with Crippen LogP contribution in [0.3, 0.4) is 0 Å². The number of rotatable bonds is 4. The van der Waals surface area contributed by atoms with Crippen LogP contribution in [0.2, 0.25) is 0 Å². The molecular weight excluding hydrogens is 627 g/mol. The van der Waals surface area contributed by atoms with E-state index in [-0.39, 0.29) is 5.41 Å². The van der Waals surface area contributed by atoms with Gasteiger partial charge in [0.15, 0.2) is 0 Å². The predicted molar refractivity (Wildman–Crippen MR) is 218 cm³/mol. The van der Waals surface area contributed by atoms with Gasteiger partial charge in [0.2, 0.25) is 0 Å². The Morgan fingerprint density at radius 3 is 1.31 bits per heavy atom. The highest BCUT2D eigenvalue weighted by atomic mass is 14.9. The lowest BCUT2D eigenvalue weighted by Crippen LogP contribution is -2.25. The molecule has 0 atom stereocenters. The molecule has 0 aromatic heterocycles. The highest BCUT2D eigenvalue weighted by molar-refractivity contribution is 5.99. The van der Waals surface area contributed by atoms with Gasteiger partial charge in [0.25, 0.3) is 0 Å². The number of nitrogens with one attached hydrogen (secondary N) is 1. The zero-order chi connectivity index (χ0) is 34.2. The molecule has 0 bridgehead atoms. The lowest BCUT2D eigenvalue weighted by atomic mass is 9.70. The molecule has 0 radical (unpaired) electrons. The molecule has 242 valence electrons. The zero-order valence-corrected chi connectivity index (χ0v) is 28.5. The average Bonchev–Trinajstić information content (AvgIpc) is 3.67. The van der Waals surface area contributed by atoms with Crippen LogP contribution in [-0.2, 0) is 5.41 Å². The highest BCUT2D eigenvalue weighted by Gasteiger charge is 2.51. The van der Waals surface area contributed by atoms with Gasteiger partial charge in [0.1, 0.15) is 0 Å². The van der Waals surface area contributed by atoms with Crippen LogP contribution in [0.4, 0.5) is 11.4 Å². The molecule has 9 aromatic rings. The second-order valence-electron chi connectivity index (χ2n) is 14.2. The number of benzene rings is 9. The first kappa shape index (κ1) is 29.1. The second kappa shape index (κ2) is 11.2. The molecule has 1 nitrogen and oxygen atoms in total. The van der Waals surface area contributed by atoms with Crippen LogP contribution in [-0.4, -0.2) is 0 Å².